The lowest BCUT2D eigenvalue weighted by atomic mass is 10.2. The summed E-state index contributed by atoms with van der Waals surface area (Å²) in [6, 6.07) is 12.4. The van der Waals surface area contributed by atoms with Crippen molar-refractivity contribution in [3.8, 4) is 0 Å². The molecular formula is C18H12N8O4S2. The number of benzene rings is 2. The zero-order valence-corrected chi connectivity index (χ0v) is 17.5. The number of non-ortho nitro benzene ring substituents is 1. The summed E-state index contributed by atoms with van der Waals surface area (Å²) in [6.45, 7) is 0. The van der Waals surface area contributed by atoms with E-state index in [0.29, 0.717) is 27.0 Å². The van der Waals surface area contributed by atoms with Gasteiger partial charge in [-0.3, -0.25) is 31.1 Å². The highest BCUT2D eigenvalue weighted by Gasteiger charge is 2.12. The third-order valence-corrected chi connectivity index (χ3v) is 5.92. The van der Waals surface area contributed by atoms with Gasteiger partial charge in [0.2, 0.25) is 10.3 Å². The van der Waals surface area contributed by atoms with Crippen molar-refractivity contribution in [2.45, 2.75) is 0 Å². The summed E-state index contributed by atoms with van der Waals surface area (Å²) in [5.74, 6) is 0. The highest BCUT2D eigenvalue weighted by atomic mass is 32.2. The van der Waals surface area contributed by atoms with Crippen molar-refractivity contribution in [1.29, 1.82) is 0 Å². The first-order valence-electron chi connectivity index (χ1n) is 8.83. The SMILES string of the molecule is O=[N+]([O-])c1cccc(C=NNc2nc3nc(NN=Cc4ccccc4[N+](=O)[O-])sc3s2)c1. The van der Waals surface area contributed by atoms with E-state index in [1.165, 1.54) is 53.3 Å². The van der Waals surface area contributed by atoms with Crippen molar-refractivity contribution in [1.82, 2.24) is 9.97 Å². The van der Waals surface area contributed by atoms with Gasteiger partial charge in [0.25, 0.3) is 11.4 Å². The molecule has 160 valence electrons. The summed E-state index contributed by atoms with van der Waals surface area (Å²) in [6.07, 6.45) is 2.82. The molecular weight excluding hydrogens is 456 g/mol. The molecule has 4 aromatic rings. The number of aromatic nitrogens is 2. The van der Waals surface area contributed by atoms with Crippen molar-refractivity contribution in [2.75, 3.05) is 10.9 Å². The van der Waals surface area contributed by atoms with E-state index in [1.54, 1.807) is 30.3 Å². The summed E-state index contributed by atoms with van der Waals surface area (Å²) >= 11 is 2.65. The van der Waals surface area contributed by atoms with E-state index in [4.69, 9.17) is 0 Å². The minimum absolute atomic E-state index is 0.0162. The minimum atomic E-state index is -0.472. The van der Waals surface area contributed by atoms with Crippen molar-refractivity contribution < 1.29 is 9.85 Å². The second kappa shape index (κ2) is 9.23. The first-order chi connectivity index (χ1) is 15.5. The largest absolute Gasteiger partial charge is 0.278 e. The van der Waals surface area contributed by atoms with Crippen LogP contribution in [0.1, 0.15) is 11.1 Å². The maximum Gasteiger partial charge on any atom is 0.278 e. The normalized spacial score (nSPS) is 11.4. The number of rotatable bonds is 8. The summed E-state index contributed by atoms with van der Waals surface area (Å²) in [5.41, 5.74) is 6.91. The van der Waals surface area contributed by atoms with Crippen LogP contribution in [-0.2, 0) is 0 Å². The van der Waals surface area contributed by atoms with Gasteiger partial charge in [0, 0.05) is 23.8 Å². The first-order valence-corrected chi connectivity index (χ1v) is 10.5. The standard InChI is InChI=1S/C18H12N8O4S2/c27-25(28)13-6-3-4-11(8-13)9-19-23-17-21-15-16(31-17)32-18(22-15)24-20-10-12-5-1-2-7-14(12)26(29)30/h1-10H,(H,21,23)(H,22,24). The molecule has 0 atom stereocenters. The molecule has 2 N–H and O–H groups in total. The van der Waals surface area contributed by atoms with Crippen LogP contribution in [0.15, 0.2) is 58.7 Å². The predicted molar refractivity (Wildman–Crippen MR) is 124 cm³/mol. The second-order valence-electron chi connectivity index (χ2n) is 6.06. The van der Waals surface area contributed by atoms with Crippen LogP contribution in [0, 0.1) is 20.2 Å². The summed E-state index contributed by atoms with van der Waals surface area (Å²) < 4.78 is 0.821. The maximum absolute atomic E-state index is 11.0. The van der Waals surface area contributed by atoms with E-state index in [2.05, 4.69) is 31.0 Å². The van der Waals surface area contributed by atoms with Crippen LogP contribution in [0.3, 0.4) is 0 Å². The number of nitro benzene ring substituents is 2. The minimum Gasteiger partial charge on any atom is -0.258 e. The number of fused-ring (bicyclic) bond motifs is 1. The zero-order chi connectivity index (χ0) is 22.5. The van der Waals surface area contributed by atoms with E-state index in [1.807, 2.05) is 0 Å². The van der Waals surface area contributed by atoms with E-state index in [-0.39, 0.29) is 11.4 Å². The Labute approximate surface area is 187 Å². The smallest absolute Gasteiger partial charge is 0.258 e. The number of hydrazone groups is 2. The molecule has 4 rings (SSSR count). The van der Waals surface area contributed by atoms with Crippen LogP contribution in [0.5, 0.6) is 0 Å². The highest BCUT2D eigenvalue weighted by Crippen LogP contribution is 2.33. The first kappa shape index (κ1) is 21.0. The number of thiazole rings is 2. The van der Waals surface area contributed by atoms with E-state index in [9.17, 15) is 20.2 Å². The van der Waals surface area contributed by atoms with Gasteiger partial charge in [-0.1, -0.05) is 46.9 Å². The number of nitrogens with zero attached hydrogens (tertiary/aromatic N) is 6. The van der Waals surface area contributed by atoms with Gasteiger partial charge in [-0.05, 0) is 6.07 Å². The molecule has 14 heteroatoms. The third kappa shape index (κ3) is 4.88. The predicted octanol–water partition coefficient (Wildman–Crippen LogP) is 4.46. The molecule has 32 heavy (non-hydrogen) atoms. The lowest BCUT2D eigenvalue weighted by Gasteiger charge is -1.96. The topological polar surface area (TPSA) is 161 Å². The van der Waals surface area contributed by atoms with Crippen molar-refractivity contribution in [3.05, 3.63) is 79.9 Å². The molecule has 2 aromatic heterocycles. The van der Waals surface area contributed by atoms with Crippen molar-refractivity contribution in [3.63, 3.8) is 0 Å². The average molecular weight is 468 g/mol. The molecule has 0 fully saturated rings. The Morgan fingerprint density at radius 3 is 2.22 bits per heavy atom. The average Bonchev–Trinajstić information content (AvgIpc) is 3.32. The number of hydrogen-bond acceptors (Lipinski definition) is 12. The molecule has 0 saturated carbocycles. The molecule has 0 bridgehead atoms. The maximum atomic E-state index is 11.0. The van der Waals surface area contributed by atoms with E-state index in [0.717, 1.165) is 4.01 Å². The lowest BCUT2D eigenvalue weighted by molar-refractivity contribution is -0.385. The second-order valence-corrected chi connectivity index (χ2v) is 8.31. The van der Waals surface area contributed by atoms with Crippen molar-refractivity contribution >= 4 is 66.4 Å². The van der Waals surface area contributed by atoms with Crippen LogP contribution < -0.4 is 10.9 Å². The van der Waals surface area contributed by atoms with Gasteiger partial charge in [-0.2, -0.15) is 20.2 Å². The Morgan fingerprint density at radius 1 is 0.875 bits per heavy atom. The molecule has 0 radical (unpaired) electrons. The monoisotopic (exact) mass is 468 g/mol. The van der Waals surface area contributed by atoms with Gasteiger partial charge in [-0.15, -0.1) is 0 Å². The molecule has 0 amide bonds. The van der Waals surface area contributed by atoms with Gasteiger partial charge in [-0.25, -0.2) is 0 Å². The molecule has 0 spiro atoms. The van der Waals surface area contributed by atoms with Crippen molar-refractivity contribution in [2.24, 2.45) is 10.2 Å². The fraction of sp³-hybridized carbons (Fsp3) is 0. The Morgan fingerprint density at radius 2 is 1.56 bits per heavy atom. The summed E-state index contributed by atoms with van der Waals surface area (Å²) in [4.78, 5) is 29.5. The van der Waals surface area contributed by atoms with Gasteiger partial charge in [0.05, 0.1) is 27.8 Å². The highest BCUT2D eigenvalue weighted by molar-refractivity contribution is 7.40. The molecule has 2 heterocycles. The molecule has 0 aliphatic rings. The molecule has 0 aliphatic carbocycles. The van der Waals surface area contributed by atoms with Crippen LogP contribution in [0.25, 0.3) is 9.66 Å². The van der Waals surface area contributed by atoms with Crippen LogP contribution in [-0.4, -0.2) is 32.2 Å². The quantitative estimate of drug-likeness (QED) is 0.218. The molecule has 2 aromatic carbocycles. The molecule has 12 nitrogen and oxygen atoms in total. The molecule has 0 unspecified atom stereocenters. The fourth-order valence-corrected chi connectivity index (χ4v) is 4.36. The van der Waals surface area contributed by atoms with Gasteiger partial charge < -0.3 is 0 Å². The van der Waals surface area contributed by atoms with Crippen LogP contribution in [0.4, 0.5) is 21.6 Å². The third-order valence-electron chi connectivity index (χ3n) is 3.93. The fourth-order valence-electron chi connectivity index (χ4n) is 2.54. The van der Waals surface area contributed by atoms with Gasteiger partial charge >= 0.3 is 0 Å². The van der Waals surface area contributed by atoms with E-state index >= 15 is 0 Å². The summed E-state index contributed by atoms with van der Waals surface area (Å²) in [7, 11) is 0. The Kier molecular flexibility index (Phi) is 6.05. The van der Waals surface area contributed by atoms with E-state index < -0.39 is 9.85 Å². The Hall–Kier alpha value is -4.30. The Bertz CT molecular complexity index is 1330. The van der Waals surface area contributed by atoms with Crippen LogP contribution >= 0.6 is 22.7 Å². The molecule has 0 aliphatic heterocycles. The number of hydrogen-bond donors (Lipinski definition) is 2. The lowest BCUT2D eigenvalue weighted by Crippen LogP contribution is -1.96. The molecule has 0 saturated heterocycles. The number of nitrogens with one attached hydrogen (secondary N) is 2. The van der Waals surface area contributed by atoms with Gasteiger partial charge in [0.15, 0.2) is 5.65 Å². The van der Waals surface area contributed by atoms with Crippen LogP contribution in [0.2, 0.25) is 0 Å². The summed E-state index contributed by atoms with van der Waals surface area (Å²) in [5, 5.41) is 30.9. The number of para-hydroxylation sites is 1. The number of nitro groups is 2. The Balaban J connectivity index is 1.39. The van der Waals surface area contributed by atoms with Gasteiger partial charge in [0.1, 0.15) is 4.01 Å². The zero-order valence-electron chi connectivity index (χ0n) is 15.9. The number of anilines is 2.